The highest BCUT2D eigenvalue weighted by atomic mass is 16.5. The van der Waals surface area contributed by atoms with Crippen LogP contribution in [0.1, 0.15) is 98.8 Å². The highest BCUT2D eigenvalue weighted by molar-refractivity contribution is 5.68. The van der Waals surface area contributed by atoms with E-state index in [0.717, 1.165) is 59.6 Å². The highest BCUT2D eigenvalue weighted by Gasteiger charge is 2.43. The Labute approximate surface area is 262 Å². The van der Waals surface area contributed by atoms with Gasteiger partial charge < -0.3 is 19.9 Å². The standard InChI is InChI=1S/C39H45NO4/c1-5-9-28-14-18-30(19-15-28)38(31-20-16-29(10-6-2)17-21-31)44-35-12-7-11-34-37(35)27(3)39(4,40-34)32-22-24-33(25-23-32)43-26-8-13-36(41)42/h7,11-12,14-25,27,38,40H,5-6,8-10,13,26H2,1-4H3,(H,41,42). The molecule has 0 spiro atoms. The minimum absolute atomic E-state index is 0.107. The average molecular weight is 592 g/mol. The Hall–Kier alpha value is -4.25. The van der Waals surface area contributed by atoms with E-state index in [-0.39, 0.29) is 24.0 Å². The lowest BCUT2D eigenvalue weighted by atomic mass is 9.80. The topological polar surface area (TPSA) is 67.8 Å². The summed E-state index contributed by atoms with van der Waals surface area (Å²) in [6, 6.07) is 32.2. The fraction of sp³-hybridized carbons (Fsp3) is 0.359. The molecule has 5 rings (SSSR count). The summed E-state index contributed by atoms with van der Waals surface area (Å²) in [4.78, 5) is 10.8. The van der Waals surface area contributed by atoms with Crippen LogP contribution in [0, 0.1) is 0 Å². The van der Waals surface area contributed by atoms with Crippen LogP contribution in [0.4, 0.5) is 5.69 Å². The van der Waals surface area contributed by atoms with Crippen LogP contribution < -0.4 is 14.8 Å². The van der Waals surface area contributed by atoms with E-state index in [9.17, 15) is 4.79 Å². The number of fused-ring (bicyclic) bond motifs is 1. The molecule has 5 heteroatoms. The van der Waals surface area contributed by atoms with Crippen molar-refractivity contribution >= 4 is 11.7 Å². The van der Waals surface area contributed by atoms with Gasteiger partial charge in [0.05, 0.1) is 12.1 Å². The number of aryl methyl sites for hydroxylation is 2. The lowest BCUT2D eigenvalue weighted by Gasteiger charge is -2.31. The maximum atomic E-state index is 10.8. The Morgan fingerprint density at radius 2 is 1.45 bits per heavy atom. The summed E-state index contributed by atoms with van der Waals surface area (Å²) < 4.78 is 12.8. The molecule has 0 fully saturated rings. The molecule has 2 unspecified atom stereocenters. The second-order valence-electron chi connectivity index (χ2n) is 12.1. The van der Waals surface area contributed by atoms with Crippen molar-refractivity contribution in [1.82, 2.24) is 0 Å². The number of hydrogen-bond donors (Lipinski definition) is 2. The lowest BCUT2D eigenvalue weighted by Crippen LogP contribution is -2.31. The number of carboxylic acids is 1. The SMILES string of the molecule is CCCc1ccc(C(Oc2cccc3c2C(C)C(C)(c2ccc(OCCCC(=O)O)cc2)N3)c2ccc(CCC)cc2)cc1. The van der Waals surface area contributed by atoms with E-state index in [1.165, 1.54) is 16.7 Å². The molecule has 0 amide bonds. The van der Waals surface area contributed by atoms with Gasteiger partial charge in [0.2, 0.25) is 0 Å². The van der Waals surface area contributed by atoms with Crippen LogP contribution >= 0.6 is 0 Å². The van der Waals surface area contributed by atoms with Crippen molar-refractivity contribution in [3.63, 3.8) is 0 Å². The summed E-state index contributed by atoms with van der Waals surface area (Å²) in [6.45, 7) is 9.30. The first-order valence-electron chi connectivity index (χ1n) is 16.0. The van der Waals surface area contributed by atoms with E-state index in [2.05, 4.69) is 112 Å². The van der Waals surface area contributed by atoms with E-state index < -0.39 is 5.97 Å². The van der Waals surface area contributed by atoms with E-state index in [0.29, 0.717) is 13.0 Å². The van der Waals surface area contributed by atoms with Crippen LogP contribution in [0.5, 0.6) is 11.5 Å². The highest BCUT2D eigenvalue weighted by Crippen LogP contribution is 2.52. The molecule has 1 heterocycles. The van der Waals surface area contributed by atoms with Gasteiger partial charge in [0.25, 0.3) is 0 Å². The van der Waals surface area contributed by atoms with Crippen molar-refractivity contribution in [3.8, 4) is 11.5 Å². The number of ether oxygens (including phenoxy) is 2. The normalized spacial score (nSPS) is 17.2. The average Bonchev–Trinajstić information content (AvgIpc) is 3.30. The van der Waals surface area contributed by atoms with Gasteiger partial charge in [0.1, 0.15) is 17.6 Å². The quantitative estimate of drug-likeness (QED) is 0.143. The number of rotatable bonds is 14. The van der Waals surface area contributed by atoms with Gasteiger partial charge in [-0.3, -0.25) is 4.79 Å². The third-order valence-corrected chi connectivity index (χ3v) is 8.90. The van der Waals surface area contributed by atoms with Crippen molar-refractivity contribution in [2.75, 3.05) is 11.9 Å². The number of anilines is 1. The minimum atomic E-state index is -0.804. The van der Waals surface area contributed by atoms with Crippen molar-refractivity contribution in [3.05, 3.63) is 124 Å². The number of aliphatic carboxylic acids is 1. The molecule has 2 atom stereocenters. The maximum absolute atomic E-state index is 10.8. The summed E-state index contributed by atoms with van der Waals surface area (Å²) in [7, 11) is 0. The van der Waals surface area contributed by atoms with Crippen LogP contribution in [-0.2, 0) is 23.2 Å². The smallest absolute Gasteiger partial charge is 0.303 e. The summed E-state index contributed by atoms with van der Waals surface area (Å²) in [5.41, 5.74) is 8.05. The Kier molecular flexibility index (Phi) is 9.94. The molecule has 1 aliphatic heterocycles. The first kappa shape index (κ1) is 31.2. The summed E-state index contributed by atoms with van der Waals surface area (Å²) in [5, 5.41) is 12.7. The zero-order chi connectivity index (χ0) is 31.1. The molecule has 0 radical (unpaired) electrons. The number of hydrogen-bond acceptors (Lipinski definition) is 4. The summed E-state index contributed by atoms with van der Waals surface area (Å²) in [5.74, 6) is 0.968. The Bertz CT molecular complexity index is 1480. The number of nitrogens with one attached hydrogen (secondary N) is 1. The summed E-state index contributed by atoms with van der Waals surface area (Å²) in [6.07, 6.45) is 4.76. The second kappa shape index (κ2) is 14.0. The molecule has 4 aromatic carbocycles. The molecule has 230 valence electrons. The zero-order valence-electron chi connectivity index (χ0n) is 26.4. The van der Waals surface area contributed by atoms with Crippen molar-refractivity contribution < 1.29 is 19.4 Å². The van der Waals surface area contributed by atoms with Gasteiger partial charge in [-0.1, -0.05) is 100 Å². The number of benzene rings is 4. The van der Waals surface area contributed by atoms with Crippen LogP contribution in [-0.4, -0.2) is 17.7 Å². The van der Waals surface area contributed by atoms with Crippen LogP contribution in [0.2, 0.25) is 0 Å². The van der Waals surface area contributed by atoms with Gasteiger partial charge in [0.15, 0.2) is 0 Å². The van der Waals surface area contributed by atoms with Gasteiger partial charge in [-0.2, -0.15) is 0 Å². The van der Waals surface area contributed by atoms with Gasteiger partial charge in [-0.15, -0.1) is 0 Å². The predicted octanol–water partition coefficient (Wildman–Crippen LogP) is 9.45. The van der Waals surface area contributed by atoms with Crippen molar-refractivity contribution in [2.45, 2.75) is 83.8 Å². The van der Waals surface area contributed by atoms with Gasteiger partial charge in [-0.05, 0) is 78.3 Å². The van der Waals surface area contributed by atoms with Gasteiger partial charge in [0, 0.05) is 23.6 Å². The predicted molar refractivity (Wildman–Crippen MR) is 178 cm³/mol. The van der Waals surface area contributed by atoms with Crippen molar-refractivity contribution in [1.29, 1.82) is 0 Å². The molecule has 44 heavy (non-hydrogen) atoms. The van der Waals surface area contributed by atoms with E-state index in [4.69, 9.17) is 14.6 Å². The molecule has 0 bridgehead atoms. The fourth-order valence-corrected chi connectivity index (χ4v) is 6.26. The number of carbonyl (C=O) groups is 1. The minimum Gasteiger partial charge on any atom is -0.494 e. The van der Waals surface area contributed by atoms with E-state index >= 15 is 0 Å². The maximum Gasteiger partial charge on any atom is 0.303 e. The van der Waals surface area contributed by atoms with Crippen molar-refractivity contribution in [2.24, 2.45) is 0 Å². The Morgan fingerprint density at radius 3 is 2.00 bits per heavy atom. The first-order chi connectivity index (χ1) is 21.3. The first-order valence-corrected chi connectivity index (χ1v) is 16.0. The molecular weight excluding hydrogens is 546 g/mol. The zero-order valence-corrected chi connectivity index (χ0v) is 26.4. The van der Waals surface area contributed by atoms with Crippen LogP contribution in [0.25, 0.3) is 0 Å². The molecule has 1 aliphatic rings. The second-order valence-corrected chi connectivity index (χ2v) is 12.1. The molecule has 0 aliphatic carbocycles. The van der Waals surface area contributed by atoms with E-state index in [1.54, 1.807) is 0 Å². The molecule has 5 nitrogen and oxygen atoms in total. The Morgan fingerprint density at radius 1 is 0.864 bits per heavy atom. The van der Waals surface area contributed by atoms with Gasteiger partial charge in [-0.25, -0.2) is 0 Å². The lowest BCUT2D eigenvalue weighted by molar-refractivity contribution is -0.137. The molecular formula is C39H45NO4. The molecule has 0 saturated heterocycles. The Balaban J connectivity index is 1.41. The summed E-state index contributed by atoms with van der Waals surface area (Å²) >= 11 is 0. The fourth-order valence-electron chi connectivity index (χ4n) is 6.26. The monoisotopic (exact) mass is 591 g/mol. The third-order valence-electron chi connectivity index (χ3n) is 8.90. The van der Waals surface area contributed by atoms with E-state index in [1.807, 2.05) is 12.1 Å². The molecule has 0 aromatic heterocycles. The van der Waals surface area contributed by atoms with Gasteiger partial charge >= 0.3 is 5.97 Å². The molecule has 0 saturated carbocycles. The van der Waals surface area contributed by atoms with Crippen LogP contribution in [0.15, 0.2) is 91.0 Å². The molecule has 4 aromatic rings. The van der Waals surface area contributed by atoms with Crippen LogP contribution in [0.3, 0.4) is 0 Å². The largest absolute Gasteiger partial charge is 0.494 e. The molecule has 2 N–H and O–H groups in total. The number of carboxylic acid groups (broad SMARTS) is 1. The third kappa shape index (κ3) is 6.93.